The third-order valence-electron chi connectivity index (χ3n) is 8.19. The fourth-order valence-corrected chi connectivity index (χ4v) is 6.04. The molecule has 5 nitrogen and oxygen atoms in total. The highest BCUT2D eigenvalue weighted by Crippen LogP contribution is 2.34. The van der Waals surface area contributed by atoms with Crippen LogP contribution in [0.1, 0.15) is 58.6 Å². The third-order valence-corrected chi connectivity index (χ3v) is 8.19. The van der Waals surface area contributed by atoms with E-state index in [1.807, 2.05) is 12.1 Å². The molecule has 0 saturated carbocycles. The highest BCUT2D eigenvalue weighted by atomic mass is 16.2. The van der Waals surface area contributed by atoms with Crippen molar-refractivity contribution in [3.63, 3.8) is 0 Å². The minimum absolute atomic E-state index is 0.0256. The number of carbonyl (C=O) groups excluding carboxylic acids is 2. The number of rotatable bonds is 5. The van der Waals surface area contributed by atoms with Crippen molar-refractivity contribution in [3.8, 4) is 11.1 Å². The van der Waals surface area contributed by atoms with Gasteiger partial charge in [-0.25, -0.2) is 0 Å². The van der Waals surface area contributed by atoms with Crippen molar-refractivity contribution in [2.45, 2.75) is 50.7 Å². The molecule has 3 aliphatic rings. The monoisotopic (exact) mass is 491 g/mol. The van der Waals surface area contributed by atoms with Crippen LogP contribution in [-0.2, 0) is 17.9 Å². The minimum atomic E-state index is -0.404. The Hall–Kier alpha value is -3.70. The van der Waals surface area contributed by atoms with Crippen molar-refractivity contribution >= 4 is 11.8 Å². The molecule has 5 heteroatoms. The van der Waals surface area contributed by atoms with Crippen LogP contribution in [0.4, 0.5) is 0 Å². The second-order valence-electron chi connectivity index (χ2n) is 10.6. The van der Waals surface area contributed by atoms with Gasteiger partial charge in [0.05, 0.1) is 0 Å². The molecule has 3 aromatic rings. The Bertz CT molecular complexity index is 1320. The average molecular weight is 492 g/mol. The Labute approximate surface area is 218 Å². The third kappa shape index (κ3) is 4.84. The summed E-state index contributed by atoms with van der Waals surface area (Å²) in [7, 11) is 0. The number of benzene rings is 3. The largest absolute Gasteiger partial charge is 0.329 e. The van der Waals surface area contributed by atoms with Crippen LogP contribution in [-0.4, -0.2) is 40.7 Å². The predicted molar refractivity (Wildman–Crippen MR) is 146 cm³/mol. The maximum atomic E-state index is 13.0. The maximum absolute atomic E-state index is 13.0. The van der Waals surface area contributed by atoms with Crippen molar-refractivity contribution in [3.05, 3.63) is 107 Å². The summed E-state index contributed by atoms with van der Waals surface area (Å²) in [6.07, 6.45) is 3.60. The molecule has 0 aromatic heterocycles. The fraction of sp³-hybridized carbons (Fsp3) is 0.312. The van der Waals surface area contributed by atoms with Gasteiger partial charge in [0.15, 0.2) is 0 Å². The topological polar surface area (TPSA) is 52.7 Å². The molecule has 1 N–H and O–H groups in total. The molecule has 3 heterocycles. The number of likely N-dealkylation sites (tertiary alicyclic amines) is 1. The zero-order chi connectivity index (χ0) is 25.4. The number of hydrogen-bond donors (Lipinski definition) is 1. The number of fused-ring (bicyclic) bond motifs is 1. The predicted octanol–water partition coefficient (Wildman–Crippen LogP) is 5.48. The molecule has 0 spiro atoms. The van der Waals surface area contributed by atoms with Crippen LogP contribution in [0.5, 0.6) is 0 Å². The maximum Gasteiger partial charge on any atom is 0.255 e. The van der Waals surface area contributed by atoms with Crippen molar-refractivity contribution in [2.75, 3.05) is 13.1 Å². The van der Waals surface area contributed by atoms with E-state index in [0.29, 0.717) is 18.9 Å². The molecule has 3 aromatic carbocycles. The van der Waals surface area contributed by atoms with E-state index in [-0.39, 0.29) is 11.8 Å². The highest BCUT2D eigenvalue weighted by molar-refractivity contribution is 6.01. The van der Waals surface area contributed by atoms with E-state index >= 15 is 0 Å². The summed E-state index contributed by atoms with van der Waals surface area (Å²) in [5, 5.41) is 2.82. The van der Waals surface area contributed by atoms with Crippen LogP contribution >= 0.6 is 0 Å². The second-order valence-corrected chi connectivity index (χ2v) is 10.6. The van der Waals surface area contributed by atoms with Gasteiger partial charge >= 0.3 is 0 Å². The molecule has 1 unspecified atom stereocenters. The highest BCUT2D eigenvalue weighted by Gasteiger charge is 2.38. The number of allylic oxidation sites excluding steroid dienone is 1. The summed E-state index contributed by atoms with van der Waals surface area (Å²) < 4.78 is 0. The van der Waals surface area contributed by atoms with Crippen molar-refractivity contribution in [1.29, 1.82) is 0 Å². The number of hydrogen-bond acceptors (Lipinski definition) is 3. The number of nitrogens with zero attached hydrogens (tertiary/aromatic N) is 2. The quantitative estimate of drug-likeness (QED) is 0.514. The number of amides is 2. The smallest absolute Gasteiger partial charge is 0.255 e. The molecule has 0 aliphatic carbocycles. The summed E-state index contributed by atoms with van der Waals surface area (Å²) in [6, 6.07) is 25.4. The zero-order valence-corrected chi connectivity index (χ0v) is 21.2. The Balaban J connectivity index is 1.06. The van der Waals surface area contributed by atoms with Gasteiger partial charge in [0.25, 0.3) is 5.91 Å². The van der Waals surface area contributed by atoms with Gasteiger partial charge in [-0.15, -0.1) is 0 Å². The van der Waals surface area contributed by atoms with E-state index in [2.05, 4.69) is 77.5 Å². The zero-order valence-electron chi connectivity index (χ0n) is 21.2. The Morgan fingerprint density at radius 1 is 0.865 bits per heavy atom. The SMILES string of the molecule is C=C1CCC(N2Cc3cc(C4CCN(Cc5ccc(-c6ccccc6)cc5)CC4)ccc3C2=O)C(=O)N1. The van der Waals surface area contributed by atoms with Gasteiger partial charge in [-0.05, 0) is 78.6 Å². The Morgan fingerprint density at radius 3 is 2.32 bits per heavy atom. The molecule has 6 rings (SSSR count). The first-order valence-corrected chi connectivity index (χ1v) is 13.3. The first-order valence-electron chi connectivity index (χ1n) is 13.3. The van der Waals surface area contributed by atoms with E-state index in [9.17, 15) is 9.59 Å². The molecule has 0 radical (unpaired) electrons. The van der Waals surface area contributed by atoms with E-state index in [1.165, 1.54) is 22.3 Å². The summed E-state index contributed by atoms with van der Waals surface area (Å²) in [6.45, 7) is 7.49. The summed E-state index contributed by atoms with van der Waals surface area (Å²) >= 11 is 0. The van der Waals surface area contributed by atoms with Crippen molar-refractivity contribution in [2.24, 2.45) is 0 Å². The van der Waals surface area contributed by atoms with Gasteiger partial charge in [0.2, 0.25) is 5.91 Å². The summed E-state index contributed by atoms with van der Waals surface area (Å²) in [5.74, 6) is 0.370. The molecular weight excluding hydrogens is 458 g/mol. The number of piperidine rings is 2. The summed E-state index contributed by atoms with van der Waals surface area (Å²) in [5.41, 5.74) is 7.72. The van der Waals surface area contributed by atoms with E-state index in [0.717, 1.165) is 55.7 Å². The number of nitrogens with one attached hydrogen (secondary N) is 1. The minimum Gasteiger partial charge on any atom is -0.329 e. The lowest BCUT2D eigenvalue weighted by Crippen LogP contribution is -2.49. The van der Waals surface area contributed by atoms with Gasteiger partial charge in [-0.3, -0.25) is 14.5 Å². The van der Waals surface area contributed by atoms with Crippen LogP contribution in [0.25, 0.3) is 11.1 Å². The molecule has 1 atom stereocenters. The van der Waals surface area contributed by atoms with Crippen LogP contribution in [0.15, 0.2) is 85.1 Å². The van der Waals surface area contributed by atoms with Crippen molar-refractivity contribution < 1.29 is 9.59 Å². The summed E-state index contributed by atoms with van der Waals surface area (Å²) in [4.78, 5) is 29.8. The second kappa shape index (κ2) is 9.98. The average Bonchev–Trinajstić information content (AvgIpc) is 3.25. The molecule has 0 bridgehead atoms. The van der Waals surface area contributed by atoms with Gasteiger partial charge in [-0.2, -0.15) is 0 Å². The van der Waals surface area contributed by atoms with E-state index in [1.54, 1.807) is 4.90 Å². The van der Waals surface area contributed by atoms with Crippen molar-refractivity contribution in [1.82, 2.24) is 15.1 Å². The van der Waals surface area contributed by atoms with Crippen LogP contribution < -0.4 is 5.32 Å². The lowest BCUT2D eigenvalue weighted by Gasteiger charge is -2.32. The van der Waals surface area contributed by atoms with Gasteiger partial charge in [-0.1, -0.05) is 73.3 Å². The van der Waals surface area contributed by atoms with Gasteiger partial charge in [0.1, 0.15) is 6.04 Å². The molecular formula is C32H33N3O2. The van der Waals surface area contributed by atoms with Gasteiger partial charge in [0, 0.05) is 24.4 Å². The van der Waals surface area contributed by atoms with Crippen LogP contribution in [0.3, 0.4) is 0 Å². The fourth-order valence-electron chi connectivity index (χ4n) is 6.04. The molecule has 37 heavy (non-hydrogen) atoms. The molecule has 2 amide bonds. The van der Waals surface area contributed by atoms with E-state index < -0.39 is 6.04 Å². The van der Waals surface area contributed by atoms with Crippen LogP contribution in [0, 0.1) is 0 Å². The molecule has 188 valence electrons. The normalized spacial score (nSPS) is 20.7. The molecule has 2 saturated heterocycles. The lowest BCUT2D eigenvalue weighted by atomic mass is 9.87. The van der Waals surface area contributed by atoms with Gasteiger partial charge < -0.3 is 10.2 Å². The Kier molecular flexibility index (Phi) is 6.39. The molecule has 3 aliphatic heterocycles. The standard InChI is InChI=1S/C32H33N3O2/c1-22-7-14-30(31(36)33-22)35-21-28-19-27(12-13-29(28)32(35)37)26-15-17-34(18-16-26)20-23-8-10-25(11-9-23)24-5-3-2-4-6-24/h2-6,8-13,19,26,30H,1,7,14-18,20-21H2,(H,33,36). The number of carbonyl (C=O) groups is 2. The van der Waals surface area contributed by atoms with Crippen LogP contribution in [0.2, 0.25) is 0 Å². The molecule has 2 fully saturated rings. The first kappa shape index (κ1) is 23.7. The Morgan fingerprint density at radius 2 is 1.59 bits per heavy atom. The lowest BCUT2D eigenvalue weighted by molar-refractivity contribution is -0.126. The van der Waals surface area contributed by atoms with E-state index in [4.69, 9.17) is 0 Å². The first-order chi connectivity index (χ1) is 18.0.